The van der Waals surface area contributed by atoms with Crippen LogP contribution in [-0.4, -0.2) is 0 Å². The number of anilines is 1. The molecule has 0 heterocycles. The van der Waals surface area contributed by atoms with E-state index >= 15 is 0 Å². The van der Waals surface area contributed by atoms with Gasteiger partial charge in [-0.25, -0.2) is 4.39 Å². The second-order valence-electron chi connectivity index (χ2n) is 6.48. The molecule has 4 aromatic carbocycles. The van der Waals surface area contributed by atoms with Crippen LogP contribution < -0.4 is 10.1 Å². The predicted octanol–water partition coefficient (Wildman–Crippen LogP) is 6.82. The molecule has 140 valence electrons. The Labute approximate surface area is 168 Å². The Kier molecular flexibility index (Phi) is 5.45. The van der Waals surface area contributed by atoms with Crippen LogP contribution >= 0.6 is 11.6 Å². The van der Waals surface area contributed by atoms with Crippen molar-refractivity contribution < 1.29 is 9.13 Å². The topological polar surface area (TPSA) is 21.3 Å². The average Bonchev–Trinajstić information content (AvgIpc) is 2.72. The molecule has 0 aliphatic rings. The maximum atomic E-state index is 14.0. The molecule has 0 atom stereocenters. The Morgan fingerprint density at radius 1 is 0.821 bits per heavy atom. The van der Waals surface area contributed by atoms with Crippen LogP contribution in [0.5, 0.6) is 5.75 Å². The summed E-state index contributed by atoms with van der Waals surface area (Å²) in [5.41, 5.74) is 2.41. The van der Waals surface area contributed by atoms with Gasteiger partial charge in [0.15, 0.2) is 0 Å². The van der Waals surface area contributed by atoms with Gasteiger partial charge in [-0.1, -0.05) is 72.3 Å². The molecular formula is C24H19ClFNO. The standard InChI is InChI=1S/C24H19ClFNO/c25-21-11-6-12-22(26)20(21)16-28-24-14-4-2-8-18(24)15-27-23-13-5-9-17-7-1-3-10-19(17)23/h1-14,27H,15-16H2. The third kappa shape index (κ3) is 3.95. The fourth-order valence-electron chi connectivity index (χ4n) is 3.18. The lowest BCUT2D eigenvalue weighted by Crippen LogP contribution is -2.05. The van der Waals surface area contributed by atoms with E-state index in [9.17, 15) is 4.39 Å². The zero-order valence-corrected chi connectivity index (χ0v) is 15.9. The Morgan fingerprint density at radius 2 is 1.57 bits per heavy atom. The minimum absolute atomic E-state index is 0.0801. The second-order valence-corrected chi connectivity index (χ2v) is 6.88. The van der Waals surface area contributed by atoms with Crippen molar-refractivity contribution >= 4 is 28.1 Å². The number of fused-ring (bicyclic) bond motifs is 1. The molecule has 0 spiro atoms. The lowest BCUT2D eigenvalue weighted by Gasteiger charge is -2.15. The summed E-state index contributed by atoms with van der Waals surface area (Å²) in [7, 11) is 0. The first kappa shape index (κ1) is 18.3. The molecule has 28 heavy (non-hydrogen) atoms. The maximum absolute atomic E-state index is 14.0. The molecule has 0 fully saturated rings. The zero-order chi connectivity index (χ0) is 19.3. The molecule has 0 aliphatic carbocycles. The van der Waals surface area contributed by atoms with Gasteiger partial charge >= 0.3 is 0 Å². The number of rotatable bonds is 6. The van der Waals surface area contributed by atoms with Crippen molar-refractivity contribution in [2.75, 3.05) is 5.32 Å². The molecule has 4 aromatic rings. The Bertz CT molecular complexity index is 1090. The third-order valence-electron chi connectivity index (χ3n) is 4.67. The van der Waals surface area contributed by atoms with E-state index in [4.69, 9.17) is 16.3 Å². The van der Waals surface area contributed by atoms with Crippen molar-refractivity contribution in [3.05, 3.63) is 107 Å². The Balaban J connectivity index is 1.52. The van der Waals surface area contributed by atoms with Gasteiger partial charge in [0.1, 0.15) is 18.2 Å². The number of hydrogen-bond donors (Lipinski definition) is 1. The number of halogens is 2. The van der Waals surface area contributed by atoms with E-state index in [-0.39, 0.29) is 12.4 Å². The second kappa shape index (κ2) is 8.32. The lowest BCUT2D eigenvalue weighted by atomic mass is 10.1. The smallest absolute Gasteiger partial charge is 0.131 e. The molecule has 0 saturated heterocycles. The Morgan fingerprint density at radius 3 is 2.46 bits per heavy atom. The van der Waals surface area contributed by atoms with Crippen molar-refractivity contribution in [2.24, 2.45) is 0 Å². The van der Waals surface area contributed by atoms with E-state index in [1.54, 1.807) is 12.1 Å². The fourth-order valence-corrected chi connectivity index (χ4v) is 3.40. The highest BCUT2D eigenvalue weighted by Crippen LogP contribution is 2.27. The number of benzene rings is 4. The highest BCUT2D eigenvalue weighted by atomic mass is 35.5. The molecule has 4 heteroatoms. The number of hydrogen-bond acceptors (Lipinski definition) is 2. The molecule has 0 bridgehead atoms. The van der Waals surface area contributed by atoms with Gasteiger partial charge in [-0.15, -0.1) is 0 Å². The van der Waals surface area contributed by atoms with E-state index in [1.165, 1.54) is 16.8 Å². The summed E-state index contributed by atoms with van der Waals surface area (Å²) >= 11 is 6.10. The summed E-state index contributed by atoms with van der Waals surface area (Å²) in [6, 6.07) is 26.8. The molecule has 0 radical (unpaired) electrons. The minimum atomic E-state index is -0.362. The van der Waals surface area contributed by atoms with Crippen molar-refractivity contribution in [3.63, 3.8) is 0 Å². The van der Waals surface area contributed by atoms with Crippen LogP contribution in [0.15, 0.2) is 84.9 Å². The molecule has 2 nitrogen and oxygen atoms in total. The van der Waals surface area contributed by atoms with Gasteiger partial charge in [0.2, 0.25) is 0 Å². The third-order valence-corrected chi connectivity index (χ3v) is 5.02. The molecule has 0 aliphatic heterocycles. The molecular weight excluding hydrogens is 373 g/mol. The van der Waals surface area contributed by atoms with Crippen LogP contribution in [-0.2, 0) is 13.2 Å². The summed E-state index contributed by atoms with van der Waals surface area (Å²) in [5.74, 6) is 0.341. The van der Waals surface area contributed by atoms with E-state index < -0.39 is 0 Å². The zero-order valence-electron chi connectivity index (χ0n) is 15.2. The molecule has 0 saturated carbocycles. The van der Waals surface area contributed by atoms with Crippen molar-refractivity contribution in [1.82, 2.24) is 0 Å². The lowest BCUT2D eigenvalue weighted by molar-refractivity contribution is 0.297. The van der Waals surface area contributed by atoms with Crippen molar-refractivity contribution in [2.45, 2.75) is 13.2 Å². The fraction of sp³-hybridized carbons (Fsp3) is 0.0833. The molecule has 4 rings (SSSR count). The van der Waals surface area contributed by atoms with E-state index in [0.29, 0.717) is 22.9 Å². The van der Waals surface area contributed by atoms with Gasteiger partial charge in [-0.2, -0.15) is 0 Å². The van der Waals surface area contributed by atoms with Crippen LogP contribution in [0.4, 0.5) is 10.1 Å². The monoisotopic (exact) mass is 391 g/mol. The predicted molar refractivity (Wildman–Crippen MR) is 113 cm³/mol. The van der Waals surface area contributed by atoms with Crippen LogP contribution in [0, 0.1) is 5.82 Å². The van der Waals surface area contributed by atoms with Gasteiger partial charge < -0.3 is 10.1 Å². The van der Waals surface area contributed by atoms with E-state index in [2.05, 4.69) is 29.6 Å². The van der Waals surface area contributed by atoms with Gasteiger partial charge in [0, 0.05) is 28.7 Å². The minimum Gasteiger partial charge on any atom is -0.488 e. The van der Waals surface area contributed by atoms with Gasteiger partial charge in [0.05, 0.1) is 5.02 Å². The highest BCUT2D eigenvalue weighted by Gasteiger charge is 2.10. The van der Waals surface area contributed by atoms with Crippen molar-refractivity contribution in [1.29, 1.82) is 0 Å². The van der Waals surface area contributed by atoms with Crippen LogP contribution in [0.1, 0.15) is 11.1 Å². The van der Waals surface area contributed by atoms with Crippen LogP contribution in [0.25, 0.3) is 10.8 Å². The SMILES string of the molecule is Fc1cccc(Cl)c1COc1ccccc1CNc1cccc2ccccc12. The molecule has 0 amide bonds. The number of nitrogens with one attached hydrogen (secondary N) is 1. The first-order valence-corrected chi connectivity index (χ1v) is 9.45. The van der Waals surface area contributed by atoms with Gasteiger partial charge in [0.25, 0.3) is 0 Å². The van der Waals surface area contributed by atoms with E-state index in [0.717, 1.165) is 11.3 Å². The van der Waals surface area contributed by atoms with Crippen LogP contribution in [0.2, 0.25) is 5.02 Å². The molecule has 1 N–H and O–H groups in total. The van der Waals surface area contributed by atoms with Crippen LogP contribution in [0.3, 0.4) is 0 Å². The summed E-state index contributed by atoms with van der Waals surface area (Å²) in [6.07, 6.45) is 0. The molecule has 0 aromatic heterocycles. The first-order valence-electron chi connectivity index (χ1n) is 9.07. The number of para-hydroxylation sites is 1. The van der Waals surface area contributed by atoms with Crippen molar-refractivity contribution in [3.8, 4) is 5.75 Å². The molecule has 0 unspecified atom stereocenters. The highest BCUT2D eigenvalue weighted by molar-refractivity contribution is 6.31. The maximum Gasteiger partial charge on any atom is 0.131 e. The summed E-state index contributed by atoms with van der Waals surface area (Å²) < 4.78 is 19.9. The number of ether oxygens (including phenoxy) is 1. The summed E-state index contributed by atoms with van der Waals surface area (Å²) in [5, 5.41) is 6.21. The normalized spacial score (nSPS) is 10.8. The van der Waals surface area contributed by atoms with Gasteiger partial charge in [-0.3, -0.25) is 0 Å². The summed E-state index contributed by atoms with van der Waals surface area (Å²) in [6.45, 7) is 0.673. The Hall–Kier alpha value is -3.04. The van der Waals surface area contributed by atoms with E-state index in [1.807, 2.05) is 42.5 Å². The van der Waals surface area contributed by atoms with Gasteiger partial charge in [-0.05, 0) is 29.7 Å². The quantitative estimate of drug-likeness (QED) is 0.389. The largest absolute Gasteiger partial charge is 0.488 e. The first-order chi connectivity index (χ1) is 13.7. The summed E-state index contributed by atoms with van der Waals surface area (Å²) in [4.78, 5) is 0. The average molecular weight is 392 g/mol.